The number of halogens is 2. The van der Waals surface area contributed by atoms with Gasteiger partial charge in [-0.1, -0.05) is 13.8 Å². The van der Waals surface area contributed by atoms with Crippen LogP contribution in [0.5, 0.6) is 0 Å². The smallest absolute Gasteiger partial charge is 0.341 e. The van der Waals surface area contributed by atoms with Gasteiger partial charge in [-0.3, -0.25) is 4.79 Å². The Labute approximate surface area is 133 Å². The Balaban J connectivity index is 2.79. The van der Waals surface area contributed by atoms with Crippen LogP contribution in [0.4, 0.5) is 8.78 Å². The average molecular weight is 324 g/mol. The lowest BCUT2D eigenvalue weighted by Gasteiger charge is -2.28. The Morgan fingerprint density at radius 3 is 2.39 bits per heavy atom. The van der Waals surface area contributed by atoms with Crippen molar-refractivity contribution in [3.63, 3.8) is 0 Å². The van der Waals surface area contributed by atoms with E-state index in [0.717, 1.165) is 12.1 Å². The number of amides is 1. The number of ether oxygens (including phenoxy) is 1. The normalized spacial score (nSPS) is 14.5. The highest BCUT2D eigenvalue weighted by Crippen LogP contribution is 2.16. The molecule has 0 bridgehead atoms. The predicted octanol–water partition coefficient (Wildman–Crippen LogP) is 2.56. The number of carbonyl (C=O) groups excluding carboxylic acids is 2. The highest BCUT2D eigenvalue weighted by atomic mass is 19.1. The van der Waals surface area contributed by atoms with Crippen molar-refractivity contribution in [3.8, 4) is 6.07 Å². The minimum absolute atomic E-state index is 0.172. The molecule has 0 aliphatic rings. The summed E-state index contributed by atoms with van der Waals surface area (Å²) in [6.07, 6.45) is -1.24. The van der Waals surface area contributed by atoms with E-state index in [2.05, 4.69) is 5.32 Å². The van der Waals surface area contributed by atoms with Crippen LogP contribution in [0.3, 0.4) is 0 Å². The van der Waals surface area contributed by atoms with Crippen molar-refractivity contribution < 1.29 is 23.1 Å². The zero-order valence-corrected chi connectivity index (χ0v) is 13.3. The van der Waals surface area contributed by atoms with E-state index in [1.54, 1.807) is 20.8 Å². The molecule has 1 aromatic rings. The summed E-state index contributed by atoms with van der Waals surface area (Å²) in [5.74, 6) is -3.85. The van der Waals surface area contributed by atoms with Crippen molar-refractivity contribution in [2.45, 2.75) is 39.3 Å². The third-order valence-electron chi connectivity index (χ3n) is 3.57. The first-order valence-electron chi connectivity index (χ1n) is 7.00. The monoisotopic (exact) mass is 324 g/mol. The van der Waals surface area contributed by atoms with Gasteiger partial charge in [-0.05, 0) is 31.9 Å². The molecule has 0 fully saturated rings. The van der Waals surface area contributed by atoms with E-state index >= 15 is 0 Å². The number of nitrogens with zero attached hydrogens (tertiary/aromatic N) is 1. The van der Waals surface area contributed by atoms with Crippen molar-refractivity contribution in [1.29, 1.82) is 5.26 Å². The number of nitriles is 1. The molecule has 7 heteroatoms. The Bertz CT molecular complexity index is 655. The topological polar surface area (TPSA) is 79.2 Å². The SMILES string of the molecule is CC(OC(=O)c1ccc(F)cc1F)C(=O)NC(C)(C#N)C(C)C. The zero-order chi connectivity index (χ0) is 17.8. The Hall–Kier alpha value is -2.49. The Morgan fingerprint density at radius 2 is 1.91 bits per heavy atom. The molecular weight excluding hydrogens is 306 g/mol. The fourth-order valence-corrected chi connectivity index (χ4v) is 1.59. The summed E-state index contributed by atoms with van der Waals surface area (Å²) in [5.41, 5.74) is -1.60. The quantitative estimate of drug-likeness (QED) is 0.844. The number of nitrogens with one attached hydrogen (secondary N) is 1. The number of carbonyl (C=O) groups is 2. The van der Waals surface area contributed by atoms with E-state index < -0.39 is 40.7 Å². The summed E-state index contributed by atoms with van der Waals surface area (Å²) in [5, 5.41) is 11.6. The Morgan fingerprint density at radius 1 is 1.30 bits per heavy atom. The van der Waals surface area contributed by atoms with Crippen LogP contribution in [-0.2, 0) is 9.53 Å². The van der Waals surface area contributed by atoms with Gasteiger partial charge in [0.25, 0.3) is 5.91 Å². The van der Waals surface area contributed by atoms with Gasteiger partial charge < -0.3 is 10.1 Å². The second-order valence-corrected chi connectivity index (χ2v) is 5.63. The number of esters is 1. The highest BCUT2D eigenvalue weighted by molar-refractivity contribution is 5.92. The molecule has 0 heterocycles. The highest BCUT2D eigenvalue weighted by Gasteiger charge is 2.32. The molecule has 2 unspecified atom stereocenters. The lowest BCUT2D eigenvalue weighted by atomic mass is 9.90. The third-order valence-corrected chi connectivity index (χ3v) is 3.57. The lowest BCUT2D eigenvalue weighted by Crippen LogP contribution is -2.52. The lowest BCUT2D eigenvalue weighted by molar-refractivity contribution is -0.130. The van der Waals surface area contributed by atoms with Gasteiger partial charge in [0.2, 0.25) is 0 Å². The summed E-state index contributed by atoms with van der Waals surface area (Å²) in [6.45, 7) is 6.36. The first-order chi connectivity index (χ1) is 10.6. The molecule has 0 spiro atoms. The van der Waals surface area contributed by atoms with Crippen LogP contribution in [0.1, 0.15) is 38.1 Å². The molecule has 1 aromatic carbocycles. The van der Waals surface area contributed by atoms with E-state index in [4.69, 9.17) is 10.00 Å². The molecule has 0 aliphatic carbocycles. The molecule has 124 valence electrons. The number of hydrogen-bond donors (Lipinski definition) is 1. The van der Waals surface area contributed by atoms with Crippen LogP contribution in [-0.4, -0.2) is 23.5 Å². The molecule has 23 heavy (non-hydrogen) atoms. The molecule has 1 N–H and O–H groups in total. The van der Waals surface area contributed by atoms with Crippen molar-refractivity contribution >= 4 is 11.9 Å². The summed E-state index contributed by atoms with van der Waals surface area (Å²) in [6, 6.07) is 4.39. The molecule has 1 amide bonds. The van der Waals surface area contributed by atoms with Gasteiger partial charge >= 0.3 is 5.97 Å². The van der Waals surface area contributed by atoms with Gasteiger partial charge in [-0.2, -0.15) is 5.26 Å². The number of benzene rings is 1. The fraction of sp³-hybridized carbons (Fsp3) is 0.438. The van der Waals surface area contributed by atoms with E-state index in [1.807, 2.05) is 6.07 Å². The third kappa shape index (κ3) is 4.49. The van der Waals surface area contributed by atoms with Crippen LogP contribution < -0.4 is 5.32 Å². The van der Waals surface area contributed by atoms with Gasteiger partial charge in [-0.25, -0.2) is 13.6 Å². The summed E-state index contributed by atoms with van der Waals surface area (Å²) in [7, 11) is 0. The molecule has 0 radical (unpaired) electrons. The first-order valence-corrected chi connectivity index (χ1v) is 7.00. The fourth-order valence-electron chi connectivity index (χ4n) is 1.59. The second-order valence-electron chi connectivity index (χ2n) is 5.63. The average Bonchev–Trinajstić information content (AvgIpc) is 2.46. The minimum Gasteiger partial charge on any atom is -0.449 e. The van der Waals surface area contributed by atoms with Crippen molar-refractivity contribution in [1.82, 2.24) is 5.32 Å². The van der Waals surface area contributed by atoms with E-state index in [0.29, 0.717) is 6.07 Å². The van der Waals surface area contributed by atoms with Crippen molar-refractivity contribution in [2.75, 3.05) is 0 Å². The molecule has 0 saturated carbocycles. The minimum atomic E-state index is -1.24. The van der Waals surface area contributed by atoms with Gasteiger partial charge in [0.1, 0.15) is 17.2 Å². The zero-order valence-electron chi connectivity index (χ0n) is 13.3. The van der Waals surface area contributed by atoms with Crippen LogP contribution in [0.15, 0.2) is 18.2 Å². The van der Waals surface area contributed by atoms with Crippen LogP contribution in [0, 0.1) is 28.9 Å². The molecule has 0 aromatic heterocycles. The molecule has 2 atom stereocenters. The van der Waals surface area contributed by atoms with E-state index in [1.165, 1.54) is 6.92 Å². The maximum Gasteiger partial charge on any atom is 0.341 e. The van der Waals surface area contributed by atoms with Gasteiger partial charge in [0.05, 0.1) is 11.6 Å². The van der Waals surface area contributed by atoms with Gasteiger partial charge in [0, 0.05) is 6.07 Å². The van der Waals surface area contributed by atoms with Crippen LogP contribution in [0.2, 0.25) is 0 Å². The molecule has 5 nitrogen and oxygen atoms in total. The van der Waals surface area contributed by atoms with Gasteiger partial charge in [-0.15, -0.1) is 0 Å². The molecule has 0 aliphatic heterocycles. The molecule has 1 rings (SSSR count). The molecule has 0 saturated heterocycles. The second kappa shape index (κ2) is 7.18. The maximum atomic E-state index is 13.5. The summed E-state index contributed by atoms with van der Waals surface area (Å²) >= 11 is 0. The summed E-state index contributed by atoms with van der Waals surface area (Å²) in [4.78, 5) is 23.9. The van der Waals surface area contributed by atoms with E-state index in [-0.39, 0.29) is 5.92 Å². The summed E-state index contributed by atoms with van der Waals surface area (Å²) < 4.78 is 31.2. The van der Waals surface area contributed by atoms with Crippen LogP contribution >= 0.6 is 0 Å². The first kappa shape index (κ1) is 18.6. The maximum absolute atomic E-state index is 13.5. The van der Waals surface area contributed by atoms with E-state index in [9.17, 15) is 18.4 Å². The standard InChI is InChI=1S/C16H18F2N2O3/c1-9(2)16(4,8-19)20-14(21)10(3)23-15(22)12-6-5-11(17)7-13(12)18/h5-7,9-10H,1-4H3,(H,20,21). The van der Waals surface area contributed by atoms with Crippen molar-refractivity contribution in [2.24, 2.45) is 5.92 Å². The number of hydrogen-bond acceptors (Lipinski definition) is 4. The largest absolute Gasteiger partial charge is 0.449 e. The molecular formula is C16H18F2N2O3. The number of rotatable bonds is 5. The van der Waals surface area contributed by atoms with Crippen LogP contribution in [0.25, 0.3) is 0 Å². The van der Waals surface area contributed by atoms with Crippen molar-refractivity contribution in [3.05, 3.63) is 35.4 Å². The predicted molar refractivity (Wildman–Crippen MR) is 78.2 cm³/mol. The van der Waals surface area contributed by atoms with Gasteiger partial charge in [0.15, 0.2) is 6.10 Å². The Kier molecular flexibility index (Phi) is 5.79.